The first-order valence-electron chi connectivity index (χ1n) is 6.85. The molecule has 1 aromatic rings. The van der Waals surface area contributed by atoms with Gasteiger partial charge in [0.1, 0.15) is 0 Å². The van der Waals surface area contributed by atoms with Crippen molar-refractivity contribution in [3.05, 3.63) is 41.3 Å². The third kappa shape index (κ3) is 1.82. The van der Waals surface area contributed by atoms with Crippen molar-refractivity contribution in [1.29, 1.82) is 0 Å². The van der Waals surface area contributed by atoms with Gasteiger partial charge in [0, 0.05) is 22.1 Å². The summed E-state index contributed by atoms with van der Waals surface area (Å²) in [6.45, 7) is 2.08. The summed E-state index contributed by atoms with van der Waals surface area (Å²) >= 11 is 1.50. The van der Waals surface area contributed by atoms with Crippen LogP contribution in [0.25, 0.3) is 0 Å². The first-order chi connectivity index (χ1) is 9.69. The van der Waals surface area contributed by atoms with Gasteiger partial charge in [-0.15, -0.1) is 0 Å². The highest BCUT2D eigenvalue weighted by molar-refractivity contribution is 8.03. The minimum Gasteiger partial charge on any atom is -0.465 e. The zero-order valence-electron chi connectivity index (χ0n) is 11.3. The largest absolute Gasteiger partial charge is 0.465 e. The fourth-order valence-corrected chi connectivity index (χ4v) is 4.28. The molecule has 2 aliphatic carbocycles. The Labute approximate surface area is 122 Å². The number of hydrogen-bond donors (Lipinski definition) is 0. The number of carbonyl (C=O) groups is 2. The normalized spacial score (nSPS) is 27.6. The number of ketones is 1. The highest BCUT2D eigenvalue weighted by Crippen LogP contribution is 2.60. The molecule has 2 aliphatic rings. The van der Waals surface area contributed by atoms with Crippen LogP contribution >= 0.6 is 11.8 Å². The molecule has 0 aliphatic heterocycles. The first-order valence-corrected chi connectivity index (χ1v) is 7.67. The van der Waals surface area contributed by atoms with Gasteiger partial charge in [0.05, 0.1) is 6.61 Å². The van der Waals surface area contributed by atoms with Crippen molar-refractivity contribution in [2.75, 3.05) is 6.61 Å². The molecule has 2 atom stereocenters. The van der Waals surface area contributed by atoms with E-state index in [0.717, 1.165) is 16.2 Å². The van der Waals surface area contributed by atoms with Crippen molar-refractivity contribution in [2.24, 2.45) is 11.3 Å². The van der Waals surface area contributed by atoms with Crippen LogP contribution in [0.4, 0.5) is 0 Å². The third-order valence-corrected chi connectivity index (χ3v) is 5.17. The van der Waals surface area contributed by atoms with E-state index < -0.39 is 5.41 Å². The molecule has 0 spiro atoms. The molecule has 3 nitrogen and oxygen atoms in total. The van der Waals surface area contributed by atoms with Crippen molar-refractivity contribution in [2.45, 2.75) is 24.7 Å². The van der Waals surface area contributed by atoms with E-state index in [-0.39, 0.29) is 17.7 Å². The fourth-order valence-electron chi connectivity index (χ4n) is 2.99. The number of thioether (sulfide) groups is 1. The Balaban J connectivity index is 1.90. The summed E-state index contributed by atoms with van der Waals surface area (Å²) in [5.74, 6) is -0.324. The monoisotopic (exact) mass is 288 g/mol. The second kappa shape index (κ2) is 5.09. The Morgan fingerprint density at radius 3 is 2.80 bits per heavy atom. The Morgan fingerprint density at radius 2 is 2.15 bits per heavy atom. The standard InChI is InChI=1S/C16H16O3S/c1-2-19-15(18)16-11(8-9-13(16)17)10-14(16)20-12-6-4-3-5-7-12/h3-7,10-11H,2,8-9H2,1H3. The predicted octanol–water partition coefficient (Wildman–Crippen LogP) is 3.20. The average Bonchev–Trinajstić information content (AvgIpc) is 2.69. The highest BCUT2D eigenvalue weighted by Gasteiger charge is 2.63. The number of allylic oxidation sites excluding steroid dienone is 1. The molecule has 1 saturated carbocycles. The van der Waals surface area contributed by atoms with Crippen LogP contribution in [0.5, 0.6) is 0 Å². The van der Waals surface area contributed by atoms with E-state index in [2.05, 4.69) is 6.08 Å². The van der Waals surface area contributed by atoms with E-state index >= 15 is 0 Å². The fraction of sp³-hybridized carbons (Fsp3) is 0.375. The predicted molar refractivity (Wildman–Crippen MR) is 77.2 cm³/mol. The van der Waals surface area contributed by atoms with Crippen molar-refractivity contribution in [3.8, 4) is 0 Å². The van der Waals surface area contributed by atoms with Crippen molar-refractivity contribution < 1.29 is 14.3 Å². The molecule has 2 unspecified atom stereocenters. The molecule has 0 bridgehead atoms. The molecule has 3 rings (SSSR count). The second-order valence-corrected chi connectivity index (χ2v) is 6.16. The number of ether oxygens (including phenoxy) is 1. The molecule has 20 heavy (non-hydrogen) atoms. The topological polar surface area (TPSA) is 43.4 Å². The Hall–Kier alpha value is -1.55. The van der Waals surface area contributed by atoms with Crippen LogP contribution in [0.3, 0.4) is 0 Å². The molecular weight excluding hydrogens is 272 g/mol. The van der Waals surface area contributed by atoms with E-state index in [1.165, 1.54) is 11.8 Å². The molecule has 4 heteroatoms. The third-order valence-electron chi connectivity index (χ3n) is 3.99. The summed E-state index contributed by atoms with van der Waals surface area (Å²) in [6.07, 6.45) is 3.29. The molecule has 0 aromatic heterocycles. The Bertz CT molecular complexity index is 579. The van der Waals surface area contributed by atoms with Crippen LogP contribution in [-0.4, -0.2) is 18.4 Å². The van der Waals surface area contributed by atoms with Gasteiger partial charge in [0.15, 0.2) is 11.2 Å². The smallest absolute Gasteiger partial charge is 0.325 e. The molecule has 1 fully saturated rings. The minimum atomic E-state index is -1.00. The lowest BCUT2D eigenvalue weighted by Gasteiger charge is -2.40. The van der Waals surface area contributed by atoms with Gasteiger partial charge < -0.3 is 4.74 Å². The maximum Gasteiger partial charge on any atom is 0.325 e. The maximum atomic E-state index is 12.3. The molecule has 0 N–H and O–H groups in total. The van der Waals surface area contributed by atoms with E-state index in [9.17, 15) is 9.59 Å². The minimum absolute atomic E-state index is 0.0156. The number of carbonyl (C=O) groups excluding carboxylic acids is 2. The Morgan fingerprint density at radius 1 is 1.40 bits per heavy atom. The molecule has 104 valence electrons. The van der Waals surface area contributed by atoms with Crippen LogP contribution in [0.15, 0.2) is 46.2 Å². The number of Topliss-reactive ketones (excluding diaryl/α,β-unsaturated/α-hetero) is 1. The summed E-state index contributed by atoms with van der Waals surface area (Å²) in [4.78, 5) is 26.5. The number of rotatable bonds is 4. The van der Waals surface area contributed by atoms with Crippen molar-refractivity contribution in [3.63, 3.8) is 0 Å². The highest BCUT2D eigenvalue weighted by atomic mass is 32.2. The van der Waals surface area contributed by atoms with E-state index in [0.29, 0.717) is 13.0 Å². The van der Waals surface area contributed by atoms with E-state index in [1.807, 2.05) is 30.3 Å². The number of hydrogen-bond acceptors (Lipinski definition) is 4. The number of esters is 1. The van der Waals surface area contributed by atoms with Crippen LogP contribution in [0, 0.1) is 11.3 Å². The van der Waals surface area contributed by atoms with Gasteiger partial charge in [-0.25, -0.2) is 0 Å². The van der Waals surface area contributed by atoms with Gasteiger partial charge in [-0.3, -0.25) is 9.59 Å². The second-order valence-electron chi connectivity index (χ2n) is 5.04. The molecule has 0 heterocycles. The zero-order chi connectivity index (χ0) is 14.2. The van der Waals surface area contributed by atoms with Crippen LogP contribution < -0.4 is 0 Å². The molecular formula is C16H16O3S. The lowest BCUT2D eigenvalue weighted by molar-refractivity contribution is -0.158. The molecule has 1 aromatic carbocycles. The van der Waals surface area contributed by atoms with Gasteiger partial charge in [-0.1, -0.05) is 36.0 Å². The van der Waals surface area contributed by atoms with Gasteiger partial charge in [-0.2, -0.15) is 0 Å². The van der Waals surface area contributed by atoms with Crippen LogP contribution in [0.1, 0.15) is 19.8 Å². The molecule has 0 amide bonds. The summed E-state index contributed by atoms with van der Waals surface area (Å²) in [7, 11) is 0. The summed E-state index contributed by atoms with van der Waals surface area (Å²) in [6, 6.07) is 9.82. The average molecular weight is 288 g/mol. The number of fused-ring (bicyclic) bond motifs is 1. The number of benzene rings is 1. The lowest BCUT2D eigenvalue weighted by Crippen LogP contribution is -2.47. The SMILES string of the molecule is CCOC(=O)C12C(=O)CCC1C=C2Sc1ccccc1. The summed E-state index contributed by atoms with van der Waals surface area (Å²) in [5.41, 5.74) is -1.00. The van der Waals surface area contributed by atoms with E-state index in [1.54, 1.807) is 6.92 Å². The summed E-state index contributed by atoms with van der Waals surface area (Å²) in [5, 5.41) is 0. The van der Waals surface area contributed by atoms with Gasteiger partial charge >= 0.3 is 5.97 Å². The van der Waals surface area contributed by atoms with E-state index in [4.69, 9.17) is 4.74 Å². The summed E-state index contributed by atoms with van der Waals surface area (Å²) < 4.78 is 5.17. The lowest BCUT2D eigenvalue weighted by atomic mass is 9.68. The van der Waals surface area contributed by atoms with Gasteiger partial charge in [0.25, 0.3) is 0 Å². The van der Waals surface area contributed by atoms with Crippen LogP contribution in [0.2, 0.25) is 0 Å². The Kier molecular flexibility index (Phi) is 3.42. The molecule has 0 saturated heterocycles. The zero-order valence-corrected chi connectivity index (χ0v) is 12.1. The van der Waals surface area contributed by atoms with Crippen molar-refractivity contribution >= 4 is 23.5 Å². The van der Waals surface area contributed by atoms with Gasteiger partial charge in [0.2, 0.25) is 0 Å². The quantitative estimate of drug-likeness (QED) is 0.630. The maximum absolute atomic E-state index is 12.3. The van der Waals surface area contributed by atoms with Gasteiger partial charge in [-0.05, 0) is 25.5 Å². The first kappa shape index (κ1) is 13.4. The molecule has 0 radical (unpaired) electrons. The van der Waals surface area contributed by atoms with Crippen molar-refractivity contribution in [1.82, 2.24) is 0 Å². The van der Waals surface area contributed by atoms with Crippen LogP contribution in [-0.2, 0) is 14.3 Å².